The predicted molar refractivity (Wildman–Crippen MR) is 96.0 cm³/mol. The SMILES string of the molecule is CC1(C)OB(c2ccccc2CSc2ccccn2)OC1(C)C. The first-order valence-electron chi connectivity index (χ1n) is 7.86. The number of hydrogen-bond donors (Lipinski definition) is 0. The quantitative estimate of drug-likeness (QED) is 0.633. The molecule has 1 aromatic carbocycles. The number of benzene rings is 1. The topological polar surface area (TPSA) is 31.4 Å². The van der Waals surface area contributed by atoms with E-state index >= 15 is 0 Å². The van der Waals surface area contributed by atoms with Crippen LogP contribution in [0.3, 0.4) is 0 Å². The van der Waals surface area contributed by atoms with E-state index in [9.17, 15) is 0 Å². The summed E-state index contributed by atoms with van der Waals surface area (Å²) in [4.78, 5) is 4.37. The average molecular weight is 327 g/mol. The van der Waals surface area contributed by atoms with Gasteiger partial charge in [0.25, 0.3) is 0 Å². The normalized spacial score (nSPS) is 19.0. The van der Waals surface area contributed by atoms with Crippen molar-refractivity contribution in [3.63, 3.8) is 0 Å². The molecule has 23 heavy (non-hydrogen) atoms. The molecule has 0 atom stereocenters. The highest BCUT2D eigenvalue weighted by Gasteiger charge is 2.52. The zero-order valence-corrected chi connectivity index (χ0v) is 14.9. The number of aromatic nitrogens is 1. The van der Waals surface area contributed by atoms with Crippen molar-refractivity contribution in [3.05, 3.63) is 54.2 Å². The fourth-order valence-electron chi connectivity index (χ4n) is 2.45. The zero-order valence-electron chi connectivity index (χ0n) is 14.1. The second-order valence-electron chi connectivity index (χ2n) is 6.74. The molecule has 0 spiro atoms. The van der Waals surface area contributed by atoms with Gasteiger partial charge in [0, 0.05) is 11.9 Å². The Balaban J connectivity index is 1.79. The summed E-state index contributed by atoms with van der Waals surface area (Å²) in [6.07, 6.45) is 1.82. The van der Waals surface area contributed by atoms with Crippen LogP contribution >= 0.6 is 11.8 Å². The van der Waals surface area contributed by atoms with Gasteiger partial charge in [-0.05, 0) is 50.9 Å². The Morgan fingerprint density at radius 1 is 0.957 bits per heavy atom. The molecule has 3 rings (SSSR count). The van der Waals surface area contributed by atoms with Gasteiger partial charge in [0.2, 0.25) is 0 Å². The fraction of sp³-hybridized carbons (Fsp3) is 0.389. The van der Waals surface area contributed by atoms with Crippen molar-refractivity contribution < 1.29 is 9.31 Å². The first-order valence-corrected chi connectivity index (χ1v) is 8.85. The Morgan fingerprint density at radius 2 is 1.61 bits per heavy atom. The fourth-order valence-corrected chi connectivity index (χ4v) is 3.33. The van der Waals surface area contributed by atoms with Gasteiger partial charge in [-0.25, -0.2) is 4.98 Å². The van der Waals surface area contributed by atoms with Crippen LogP contribution in [-0.4, -0.2) is 23.3 Å². The summed E-state index contributed by atoms with van der Waals surface area (Å²) in [5.41, 5.74) is 1.69. The second kappa shape index (κ2) is 6.31. The summed E-state index contributed by atoms with van der Waals surface area (Å²) in [6, 6.07) is 14.3. The lowest BCUT2D eigenvalue weighted by Crippen LogP contribution is -2.41. The molecule has 1 saturated heterocycles. The molecule has 120 valence electrons. The number of pyridine rings is 1. The van der Waals surface area contributed by atoms with E-state index in [0.29, 0.717) is 0 Å². The van der Waals surface area contributed by atoms with Crippen molar-refractivity contribution in [2.24, 2.45) is 0 Å². The molecule has 0 radical (unpaired) electrons. The van der Waals surface area contributed by atoms with Crippen LogP contribution in [0, 0.1) is 0 Å². The van der Waals surface area contributed by atoms with Crippen LogP contribution in [0.4, 0.5) is 0 Å². The van der Waals surface area contributed by atoms with E-state index < -0.39 is 0 Å². The standard InChI is InChI=1S/C18H22BNO2S/c1-17(2)18(3,4)22-19(21-17)15-10-6-5-9-14(15)13-23-16-11-7-8-12-20-16/h5-12H,13H2,1-4H3. The molecule has 0 saturated carbocycles. The van der Waals surface area contributed by atoms with E-state index in [1.807, 2.05) is 30.5 Å². The van der Waals surface area contributed by atoms with E-state index in [0.717, 1.165) is 16.2 Å². The van der Waals surface area contributed by atoms with Gasteiger partial charge >= 0.3 is 7.12 Å². The first kappa shape index (κ1) is 16.6. The maximum Gasteiger partial charge on any atom is 0.495 e. The minimum Gasteiger partial charge on any atom is -0.399 e. The molecule has 0 bridgehead atoms. The Kier molecular flexibility index (Phi) is 4.54. The van der Waals surface area contributed by atoms with E-state index in [1.54, 1.807) is 11.8 Å². The van der Waals surface area contributed by atoms with Crippen LogP contribution in [0.2, 0.25) is 0 Å². The molecule has 5 heteroatoms. The molecule has 0 aliphatic carbocycles. The van der Waals surface area contributed by atoms with Gasteiger partial charge in [-0.3, -0.25) is 0 Å². The van der Waals surface area contributed by atoms with Crippen LogP contribution in [0.5, 0.6) is 0 Å². The Morgan fingerprint density at radius 3 is 2.26 bits per heavy atom. The van der Waals surface area contributed by atoms with Gasteiger partial charge in [0.15, 0.2) is 0 Å². The van der Waals surface area contributed by atoms with E-state index in [4.69, 9.17) is 9.31 Å². The summed E-state index contributed by atoms with van der Waals surface area (Å²) < 4.78 is 12.4. The molecular formula is C18H22BNO2S. The third-order valence-electron chi connectivity index (χ3n) is 4.58. The summed E-state index contributed by atoms with van der Waals surface area (Å²) >= 11 is 1.72. The van der Waals surface area contributed by atoms with Crippen LogP contribution in [-0.2, 0) is 15.1 Å². The molecular weight excluding hydrogens is 305 g/mol. The van der Waals surface area contributed by atoms with Crippen molar-refractivity contribution in [2.75, 3.05) is 0 Å². The Hall–Kier alpha value is -1.30. The van der Waals surface area contributed by atoms with Crippen LogP contribution in [0.15, 0.2) is 53.7 Å². The second-order valence-corrected chi connectivity index (χ2v) is 7.74. The summed E-state index contributed by atoms with van der Waals surface area (Å²) in [6.45, 7) is 8.33. The van der Waals surface area contributed by atoms with Crippen molar-refractivity contribution >= 4 is 24.3 Å². The average Bonchev–Trinajstić information content (AvgIpc) is 2.75. The Labute approximate surface area is 142 Å². The van der Waals surface area contributed by atoms with Gasteiger partial charge in [-0.15, -0.1) is 11.8 Å². The lowest BCUT2D eigenvalue weighted by Gasteiger charge is -2.32. The minimum absolute atomic E-state index is 0.319. The predicted octanol–water partition coefficient (Wildman–Crippen LogP) is 3.67. The van der Waals surface area contributed by atoms with Crippen LogP contribution in [0.1, 0.15) is 33.3 Å². The highest BCUT2D eigenvalue weighted by Crippen LogP contribution is 2.36. The highest BCUT2D eigenvalue weighted by molar-refractivity contribution is 7.98. The van der Waals surface area contributed by atoms with E-state index in [2.05, 4.69) is 50.9 Å². The summed E-state index contributed by atoms with van der Waals surface area (Å²) in [5.74, 6) is 0.845. The van der Waals surface area contributed by atoms with Gasteiger partial charge in [-0.2, -0.15) is 0 Å². The van der Waals surface area contributed by atoms with Gasteiger partial charge in [0.05, 0.1) is 16.2 Å². The number of hydrogen-bond acceptors (Lipinski definition) is 4. The Bertz CT molecular complexity index is 660. The third-order valence-corrected chi connectivity index (χ3v) is 5.57. The molecule has 0 unspecified atom stereocenters. The van der Waals surface area contributed by atoms with Crippen molar-refractivity contribution in [2.45, 2.75) is 49.7 Å². The maximum atomic E-state index is 6.20. The van der Waals surface area contributed by atoms with Crippen molar-refractivity contribution in [1.82, 2.24) is 4.98 Å². The first-order chi connectivity index (χ1) is 10.9. The largest absolute Gasteiger partial charge is 0.495 e. The van der Waals surface area contributed by atoms with E-state index in [1.165, 1.54) is 5.56 Å². The van der Waals surface area contributed by atoms with Crippen LogP contribution in [0.25, 0.3) is 0 Å². The van der Waals surface area contributed by atoms with Crippen molar-refractivity contribution in [1.29, 1.82) is 0 Å². The highest BCUT2D eigenvalue weighted by atomic mass is 32.2. The molecule has 0 amide bonds. The third kappa shape index (κ3) is 3.47. The van der Waals surface area contributed by atoms with Gasteiger partial charge in [-0.1, -0.05) is 30.3 Å². The number of nitrogens with zero attached hydrogens (tertiary/aromatic N) is 1. The molecule has 0 N–H and O–H groups in total. The molecule has 2 heterocycles. The lowest BCUT2D eigenvalue weighted by molar-refractivity contribution is 0.00578. The van der Waals surface area contributed by atoms with Gasteiger partial charge < -0.3 is 9.31 Å². The molecule has 1 aliphatic heterocycles. The summed E-state index contributed by atoms with van der Waals surface area (Å²) in [5, 5.41) is 1.02. The van der Waals surface area contributed by atoms with Gasteiger partial charge in [0.1, 0.15) is 0 Å². The number of rotatable bonds is 4. The zero-order chi connectivity index (χ0) is 16.5. The van der Waals surface area contributed by atoms with Crippen molar-refractivity contribution in [3.8, 4) is 0 Å². The number of thioether (sulfide) groups is 1. The summed E-state index contributed by atoms with van der Waals surface area (Å²) in [7, 11) is -0.319. The minimum atomic E-state index is -0.321. The van der Waals surface area contributed by atoms with E-state index in [-0.39, 0.29) is 18.3 Å². The maximum absolute atomic E-state index is 6.20. The molecule has 2 aromatic rings. The molecule has 3 nitrogen and oxygen atoms in total. The smallest absolute Gasteiger partial charge is 0.399 e. The molecule has 1 aromatic heterocycles. The molecule has 1 fully saturated rings. The van der Waals surface area contributed by atoms with Crippen LogP contribution < -0.4 is 5.46 Å². The molecule has 1 aliphatic rings. The monoisotopic (exact) mass is 327 g/mol. The lowest BCUT2D eigenvalue weighted by atomic mass is 9.76.